The van der Waals surface area contributed by atoms with E-state index in [1.807, 2.05) is 51.1 Å². The lowest BCUT2D eigenvalue weighted by Gasteiger charge is -2.16. The Labute approximate surface area is 248 Å². The molecule has 0 aliphatic heterocycles. The maximum atomic E-state index is 14.1. The second-order valence-corrected chi connectivity index (χ2v) is 10.2. The number of carbonyl (C=O) groups is 2. The normalized spacial score (nSPS) is 10.9. The summed E-state index contributed by atoms with van der Waals surface area (Å²) in [5, 5.41) is 6.96. The van der Waals surface area contributed by atoms with Gasteiger partial charge in [0, 0.05) is 45.7 Å². The van der Waals surface area contributed by atoms with Gasteiger partial charge < -0.3 is 20.1 Å². The van der Waals surface area contributed by atoms with Crippen molar-refractivity contribution >= 4 is 40.1 Å². The van der Waals surface area contributed by atoms with Crippen LogP contribution in [-0.2, 0) is 4.74 Å². The lowest BCUT2D eigenvalue weighted by Crippen LogP contribution is -2.13. The minimum atomic E-state index is -0.436. The second kappa shape index (κ2) is 12.7. The minimum Gasteiger partial charge on any atom is -0.490 e. The van der Waals surface area contributed by atoms with Gasteiger partial charge in [-0.3, -0.25) is 4.79 Å². The van der Waals surface area contributed by atoms with Gasteiger partial charge in [0.05, 0.1) is 23.8 Å². The minimum absolute atomic E-state index is 0.137. The average molecular weight is 579 g/mol. The number of rotatable bonds is 9. The highest BCUT2D eigenvalue weighted by atomic mass is 19.1. The molecule has 5 rings (SSSR count). The number of benzene rings is 4. The topological polar surface area (TPSA) is 102 Å². The van der Waals surface area contributed by atoms with Crippen LogP contribution in [0.25, 0.3) is 22.0 Å². The molecule has 0 saturated heterocycles. The number of carbonyl (C=O) groups excluding carboxylic acids is 2. The Morgan fingerprint density at radius 1 is 0.907 bits per heavy atom. The van der Waals surface area contributed by atoms with Crippen molar-refractivity contribution in [3.05, 3.63) is 108 Å². The first-order chi connectivity index (χ1) is 20.7. The third-order valence-electron chi connectivity index (χ3n) is 6.46. The number of esters is 1. The average Bonchev–Trinajstić information content (AvgIpc) is 2.97. The van der Waals surface area contributed by atoms with Crippen molar-refractivity contribution in [2.75, 3.05) is 17.2 Å². The molecule has 218 valence electrons. The fraction of sp³-hybridized carbons (Fsp3) is 0.176. The molecule has 4 aromatic carbocycles. The summed E-state index contributed by atoms with van der Waals surface area (Å²) in [5.41, 5.74) is 5.11. The SMILES string of the molecule is CCOC(=O)c1ccc(C(=O)Nc2cc(C)cc(Nc3ncc4cccc(-c5ccc(F)cc5OC(C)C)c4n3)c2)cc1. The molecule has 1 amide bonds. The summed E-state index contributed by atoms with van der Waals surface area (Å²) in [6.07, 6.45) is 1.58. The molecule has 9 heteroatoms. The monoisotopic (exact) mass is 578 g/mol. The number of halogens is 1. The highest BCUT2D eigenvalue weighted by molar-refractivity contribution is 6.05. The van der Waals surface area contributed by atoms with Crippen molar-refractivity contribution in [1.82, 2.24) is 9.97 Å². The van der Waals surface area contributed by atoms with E-state index in [1.165, 1.54) is 12.1 Å². The number of para-hydroxylation sites is 1. The largest absolute Gasteiger partial charge is 0.490 e. The number of nitrogens with one attached hydrogen (secondary N) is 2. The standard InChI is InChI=1S/C34H31FN4O4/c1-5-42-33(41)23-11-9-22(10-12-23)32(40)37-26-15-21(4)16-27(18-26)38-34-36-19-24-7-6-8-29(31(24)39-34)28-14-13-25(35)17-30(28)43-20(2)3/h6-20H,5H2,1-4H3,(H,37,40)(H,36,38,39). The Morgan fingerprint density at radius 2 is 1.65 bits per heavy atom. The molecule has 1 aromatic heterocycles. The Hall–Kier alpha value is -5.31. The van der Waals surface area contributed by atoms with Crippen LogP contribution in [0.2, 0.25) is 0 Å². The molecule has 0 fully saturated rings. The number of ether oxygens (including phenoxy) is 2. The van der Waals surface area contributed by atoms with E-state index in [9.17, 15) is 14.0 Å². The predicted octanol–water partition coefficient (Wildman–Crippen LogP) is 7.70. The summed E-state index contributed by atoms with van der Waals surface area (Å²) in [4.78, 5) is 34.1. The van der Waals surface area contributed by atoms with Crippen LogP contribution in [-0.4, -0.2) is 34.6 Å². The number of nitrogens with zero attached hydrogens (tertiary/aromatic N) is 2. The van der Waals surface area contributed by atoms with Gasteiger partial charge >= 0.3 is 5.97 Å². The molecule has 8 nitrogen and oxygen atoms in total. The zero-order chi connectivity index (χ0) is 30.5. The maximum absolute atomic E-state index is 14.1. The second-order valence-electron chi connectivity index (χ2n) is 10.2. The highest BCUT2D eigenvalue weighted by Gasteiger charge is 2.15. The number of hydrogen-bond acceptors (Lipinski definition) is 7. The molecule has 5 aromatic rings. The van der Waals surface area contributed by atoms with E-state index in [0.29, 0.717) is 39.7 Å². The number of fused-ring (bicyclic) bond motifs is 1. The summed E-state index contributed by atoms with van der Waals surface area (Å²) in [6, 6.07) is 22.0. The summed E-state index contributed by atoms with van der Waals surface area (Å²) < 4.78 is 25.0. The Morgan fingerprint density at radius 3 is 2.40 bits per heavy atom. The number of hydrogen-bond donors (Lipinski definition) is 2. The third-order valence-corrected chi connectivity index (χ3v) is 6.46. The fourth-order valence-electron chi connectivity index (χ4n) is 4.64. The molecule has 0 radical (unpaired) electrons. The number of aryl methyl sites for hydroxylation is 1. The fourth-order valence-corrected chi connectivity index (χ4v) is 4.64. The number of amides is 1. The van der Waals surface area contributed by atoms with E-state index in [-0.39, 0.29) is 24.4 Å². The van der Waals surface area contributed by atoms with Gasteiger partial charge in [-0.25, -0.2) is 19.2 Å². The van der Waals surface area contributed by atoms with Crippen LogP contribution in [0.5, 0.6) is 5.75 Å². The summed E-state index contributed by atoms with van der Waals surface area (Å²) in [6.45, 7) is 7.71. The Balaban J connectivity index is 1.40. The molecule has 0 aliphatic rings. The van der Waals surface area contributed by atoms with E-state index < -0.39 is 5.97 Å². The van der Waals surface area contributed by atoms with Gasteiger partial charge in [0.25, 0.3) is 5.91 Å². The van der Waals surface area contributed by atoms with Gasteiger partial charge in [0.1, 0.15) is 11.6 Å². The maximum Gasteiger partial charge on any atom is 0.338 e. The Kier molecular flexibility index (Phi) is 8.61. The van der Waals surface area contributed by atoms with E-state index in [0.717, 1.165) is 22.1 Å². The van der Waals surface area contributed by atoms with Crippen LogP contribution in [0, 0.1) is 12.7 Å². The lowest BCUT2D eigenvalue weighted by molar-refractivity contribution is 0.0526. The summed E-state index contributed by atoms with van der Waals surface area (Å²) in [7, 11) is 0. The van der Waals surface area contributed by atoms with Gasteiger partial charge in [-0.05, 0) is 87.9 Å². The number of anilines is 3. The molecule has 0 bridgehead atoms. The molecule has 43 heavy (non-hydrogen) atoms. The van der Waals surface area contributed by atoms with Crippen molar-refractivity contribution in [2.24, 2.45) is 0 Å². The highest BCUT2D eigenvalue weighted by Crippen LogP contribution is 2.36. The van der Waals surface area contributed by atoms with E-state index in [2.05, 4.69) is 15.6 Å². The van der Waals surface area contributed by atoms with Crippen LogP contribution in [0.4, 0.5) is 21.7 Å². The molecule has 0 unspecified atom stereocenters. The van der Waals surface area contributed by atoms with Gasteiger partial charge in [-0.1, -0.05) is 18.2 Å². The lowest BCUT2D eigenvalue weighted by atomic mass is 10.0. The van der Waals surface area contributed by atoms with Gasteiger partial charge in [0.15, 0.2) is 0 Å². The first-order valence-electron chi connectivity index (χ1n) is 13.9. The molecule has 0 spiro atoms. The van der Waals surface area contributed by atoms with Gasteiger partial charge in [-0.2, -0.15) is 0 Å². The smallest absolute Gasteiger partial charge is 0.338 e. The summed E-state index contributed by atoms with van der Waals surface area (Å²) >= 11 is 0. The van der Waals surface area contributed by atoms with Crippen molar-refractivity contribution in [2.45, 2.75) is 33.8 Å². The number of aromatic nitrogens is 2. The van der Waals surface area contributed by atoms with Gasteiger partial charge in [0.2, 0.25) is 5.95 Å². The van der Waals surface area contributed by atoms with Crippen molar-refractivity contribution in [1.29, 1.82) is 0 Å². The first-order valence-corrected chi connectivity index (χ1v) is 13.9. The van der Waals surface area contributed by atoms with Crippen LogP contribution in [0.15, 0.2) is 85.1 Å². The molecule has 1 heterocycles. The molecular weight excluding hydrogens is 547 g/mol. The predicted molar refractivity (Wildman–Crippen MR) is 166 cm³/mol. The zero-order valence-corrected chi connectivity index (χ0v) is 24.3. The van der Waals surface area contributed by atoms with E-state index >= 15 is 0 Å². The van der Waals surface area contributed by atoms with Crippen molar-refractivity contribution in [3.63, 3.8) is 0 Å². The van der Waals surface area contributed by atoms with E-state index in [4.69, 9.17) is 14.5 Å². The quantitative estimate of drug-likeness (QED) is 0.173. The molecule has 0 atom stereocenters. The van der Waals surface area contributed by atoms with Crippen molar-refractivity contribution in [3.8, 4) is 16.9 Å². The van der Waals surface area contributed by atoms with Gasteiger partial charge in [-0.15, -0.1) is 0 Å². The molecule has 0 aliphatic carbocycles. The molecule has 0 saturated carbocycles. The Bertz CT molecular complexity index is 1810. The zero-order valence-electron chi connectivity index (χ0n) is 24.3. The van der Waals surface area contributed by atoms with Crippen molar-refractivity contribution < 1.29 is 23.5 Å². The van der Waals surface area contributed by atoms with Crippen LogP contribution < -0.4 is 15.4 Å². The summed E-state index contributed by atoms with van der Waals surface area (Å²) in [5.74, 6) is -0.352. The third kappa shape index (κ3) is 6.95. The van der Waals surface area contributed by atoms with Crippen LogP contribution in [0.3, 0.4) is 0 Å². The first kappa shape index (κ1) is 29.2. The molecule has 2 N–H and O–H groups in total. The molecular formula is C34H31FN4O4. The van der Waals surface area contributed by atoms with Crippen LogP contribution >= 0.6 is 0 Å². The van der Waals surface area contributed by atoms with Crippen LogP contribution in [0.1, 0.15) is 47.1 Å². The van der Waals surface area contributed by atoms with E-state index in [1.54, 1.807) is 49.5 Å².